The molecule has 0 unspecified atom stereocenters. The molecular formula is C14H16O7. The molecular weight excluding hydrogens is 280 g/mol. The van der Waals surface area contributed by atoms with Gasteiger partial charge in [0.25, 0.3) is 0 Å². The van der Waals surface area contributed by atoms with E-state index in [1.165, 1.54) is 39.5 Å². The van der Waals surface area contributed by atoms with Crippen LogP contribution in [0.25, 0.3) is 6.08 Å². The Morgan fingerprint density at radius 3 is 1.90 bits per heavy atom. The van der Waals surface area contributed by atoms with Crippen molar-refractivity contribution in [3.8, 4) is 17.2 Å². The van der Waals surface area contributed by atoms with E-state index in [9.17, 15) is 9.59 Å². The van der Waals surface area contributed by atoms with Gasteiger partial charge in [0.2, 0.25) is 5.75 Å². The topological polar surface area (TPSA) is 102 Å². The Balaban J connectivity index is 3.35. The van der Waals surface area contributed by atoms with Gasteiger partial charge in [-0.25, -0.2) is 4.79 Å². The molecule has 0 saturated carbocycles. The number of carbonyl (C=O) groups is 2. The molecule has 0 spiro atoms. The van der Waals surface area contributed by atoms with Gasteiger partial charge < -0.3 is 24.4 Å². The van der Waals surface area contributed by atoms with E-state index in [2.05, 4.69) is 0 Å². The summed E-state index contributed by atoms with van der Waals surface area (Å²) in [5, 5.41) is 17.7. The molecule has 1 rings (SSSR count). The quantitative estimate of drug-likeness (QED) is 0.737. The summed E-state index contributed by atoms with van der Waals surface area (Å²) in [7, 11) is 4.31. The summed E-state index contributed by atoms with van der Waals surface area (Å²) < 4.78 is 15.4. The largest absolute Gasteiger partial charge is 0.493 e. The van der Waals surface area contributed by atoms with Crippen molar-refractivity contribution in [2.24, 2.45) is 0 Å². The van der Waals surface area contributed by atoms with Crippen molar-refractivity contribution in [2.75, 3.05) is 21.3 Å². The van der Waals surface area contributed by atoms with Gasteiger partial charge in [-0.05, 0) is 23.8 Å². The first-order valence-corrected chi connectivity index (χ1v) is 5.88. The number of ether oxygens (including phenoxy) is 3. The number of carboxylic acid groups (broad SMARTS) is 2. The van der Waals surface area contributed by atoms with Crippen LogP contribution in [0.15, 0.2) is 17.7 Å². The average molecular weight is 296 g/mol. The van der Waals surface area contributed by atoms with Crippen molar-refractivity contribution in [3.63, 3.8) is 0 Å². The molecule has 7 nitrogen and oxygen atoms in total. The van der Waals surface area contributed by atoms with Crippen molar-refractivity contribution in [1.29, 1.82) is 0 Å². The zero-order chi connectivity index (χ0) is 16.0. The van der Waals surface area contributed by atoms with Gasteiger partial charge in [0.05, 0.1) is 27.8 Å². The Labute approximate surface area is 121 Å². The van der Waals surface area contributed by atoms with Crippen LogP contribution in [0, 0.1) is 0 Å². The van der Waals surface area contributed by atoms with Crippen molar-refractivity contribution in [3.05, 3.63) is 23.3 Å². The maximum atomic E-state index is 11.1. The highest BCUT2D eigenvalue weighted by Gasteiger charge is 2.15. The number of benzene rings is 1. The molecule has 1 aromatic rings. The molecule has 0 aliphatic carbocycles. The lowest BCUT2D eigenvalue weighted by atomic mass is 10.1. The molecule has 1 aromatic carbocycles. The van der Waals surface area contributed by atoms with Gasteiger partial charge in [-0.2, -0.15) is 0 Å². The Morgan fingerprint density at radius 2 is 1.57 bits per heavy atom. The molecule has 0 heterocycles. The van der Waals surface area contributed by atoms with E-state index in [-0.39, 0.29) is 5.57 Å². The summed E-state index contributed by atoms with van der Waals surface area (Å²) in [6, 6.07) is 3.07. The molecule has 0 atom stereocenters. The van der Waals surface area contributed by atoms with Crippen LogP contribution in [-0.4, -0.2) is 43.5 Å². The van der Waals surface area contributed by atoms with Crippen molar-refractivity contribution >= 4 is 18.0 Å². The maximum Gasteiger partial charge on any atom is 0.332 e. The zero-order valence-electron chi connectivity index (χ0n) is 11.9. The molecule has 0 aromatic heterocycles. The van der Waals surface area contributed by atoms with Crippen LogP contribution in [0.1, 0.15) is 12.0 Å². The van der Waals surface area contributed by atoms with Crippen LogP contribution in [0.2, 0.25) is 0 Å². The van der Waals surface area contributed by atoms with E-state index in [0.717, 1.165) is 0 Å². The minimum Gasteiger partial charge on any atom is -0.493 e. The van der Waals surface area contributed by atoms with Gasteiger partial charge in [-0.3, -0.25) is 4.79 Å². The highest BCUT2D eigenvalue weighted by atomic mass is 16.5. The lowest BCUT2D eigenvalue weighted by Gasteiger charge is -2.13. The summed E-state index contributed by atoms with van der Waals surface area (Å²) in [5.41, 5.74) is 0.180. The third-order valence-electron chi connectivity index (χ3n) is 2.64. The lowest BCUT2D eigenvalue weighted by Crippen LogP contribution is -2.06. The van der Waals surface area contributed by atoms with Crippen molar-refractivity contribution in [2.45, 2.75) is 6.42 Å². The van der Waals surface area contributed by atoms with Crippen molar-refractivity contribution < 1.29 is 34.0 Å². The summed E-state index contributed by atoms with van der Waals surface area (Å²) in [5.74, 6) is -1.46. The van der Waals surface area contributed by atoms with E-state index in [1.54, 1.807) is 0 Å². The van der Waals surface area contributed by atoms with Gasteiger partial charge in [-0.15, -0.1) is 0 Å². The standard InChI is InChI=1S/C14H16O7/c1-19-10-5-8(6-11(20-2)13(10)21-3)4-9(14(17)18)7-12(15)16/h4-6H,7H2,1-3H3,(H,15,16)(H,17,18). The molecule has 0 aliphatic heterocycles. The van der Waals surface area contributed by atoms with Crippen molar-refractivity contribution in [1.82, 2.24) is 0 Å². The number of aliphatic carboxylic acids is 2. The summed E-state index contributed by atoms with van der Waals surface area (Å²) >= 11 is 0. The minimum absolute atomic E-state index is 0.253. The van der Waals surface area contributed by atoms with E-state index < -0.39 is 18.4 Å². The minimum atomic E-state index is -1.30. The maximum absolute atomic E-state index is 11.1. The summed E-state index contributed by atoms with van der Waals surface area (Å²) in [6.07, 6.45) is 0.660. The first-order valence-electron chi connectivity index (χ1n) is 5.88. The fraction of sp³-hybridized carbons (Fsp3) is 0.286. The summed E-state index contributed by atoms with van der Waals surface area (Å²) in [4.78, 5) is 21.7. The van der Waals surface area contributed by atoms with E-state index >= 15 is 0 Å². The monoisotopic (exact) mass is 296 g/mol. The third-order valence-corrected chi connectivity index (χ3v) is 2.64. The molecule has 0 bridgehead atoms. The molecule has 0 fully saturated rings. The van der Waals surface area contributed by atoms with Gasteiger partial charge in [0, 0.05) is 5.57 Å². The Hall–Kier alpha value is -2.70. The molecule has 21 heavy (non-hydrogen) atoms. The van der Waals surface area contributed by atoms with Gasteiger partial charge >= 0.3 is 11.9 Å². The molecule has 7 heteroatoms. The second-order valence-corrected chi connectivity index (χ2v) is 4.00. The Morgan fingerprint density at radius 1 is 1.05 bits per heavy atom. The number of carboxylic acids is 2. The van der Waals surface area contributed by atoms with Gasteiger partial charge in [-0.1, -0.05) is 0 Å². The van der Waals surface area contributed by atoms with Crippen LogP contribution in [-0.2, 0) is 9.59 Å². The number of hydrogen-bond acceptors (Lipinski definition) is 5. The van der Waals surface area contributed by atoms with E-state index in [1.807, 2.05) is 0 Å². The first-order chi connectivity index (χ1) is 9.92. The average Bonchev–Trinajstić information content (AvgIpc) is 2.44. The number of hydrogen-bond donors (Lipinski definition) is 2. The highest BCUT2D eigenvalue weighted by Crippen LogP contribution is 2.38. The van der Waals surface area contributed by atoms with Crippen LogP contribution in [0.3, 0.4) is 0 Å². The number of methoxy groups -OCH3 is 3. The van der Waals surface area contributed by atoms with Gasteiger partial charge in [0.1, 0.15) is 0 Å². The van der Waals surface area contributed by atoms with Crippen LogP contribution in [0.4, 0.5) is 0 Å². The molecule has 0 aliphatic rings. The SMILES string of the molecule is COc1cc(C=C(CC(=O)O)C(=O)O)cc(OC)c1OC. The smallest absolute Gasteiger partial charge is 0.332 e. The van der Waals surface area contributed by atoms with E-state index in [4.69, 9.17) is 24.4 Å². The molecule has 114 valence electrons. The number of rotatable bonds is 7. The predicted octanol–water partition coefficient (Wildman–Crippen LogP) is 1.66. The fourth-order valence-electron chi connectivity index (χ4n) is 1.74. The molecule has 0 saturated heterocycles. The fourth-order valence-corrected chi connectivity index (χ4v) is 1.74. The van der Waals surface area contributed by atoms with Crippen LogP contribution in [0.5, 0.6) is 17.2 Å². The highest BCUT2D eigenvalue weighted by molar-refractivity contribution is 5.96. The summed E-state index contributed by atoms with van der Waals surface area (Å²) in [6.45, 7) is 0. The normalized spacial score (nSPS) is 10.9. The third kappa shape index (κ3) is 4.13. The predicted molar refractivity (Wildman–Crippen MR) is 74.0 cm³/mol. The molecule has 2 N–H and O–H groups in total. The Kier molecular flexibility index (Phi) is 5.59. The second kappa shape index (κ2) is 7.18. The lowest BCUT2D eigenvalue weighted by molar-refractivity contribution is -0.139. The second-order valence-electron chi connectivity index (χ2n) is 4.00. The van der Waals surface area contributed by atoms with Gasteiger partial charge in [0.15, 0.2) is 11.5 Å². The molecule has 0 amide bonds. The zero-order valence-corrected chi connectivity index (χ0v) is 11.9. The molecule has 0 radical (unpaired) electrons. The van der Waals surface area contributed by atoms with E-state index in [0.29, 0.717) is 22.8 Å². The van der Waals surface area contributed by atoms with Crippen LogP contribution >= 0.6 is 0 Å². The first kappa shape index (κ1) is 16.4. The Bertz CT molecular complexity index is 550. The van der Waals surface area contributed by atoms with Crippen LogP contribution < -0.4 is 14.2 Å².